The highest BCUT2D eigenvalue weighted by atomic mass is 79.9. The molecule has 1 aromatic rings. The van der Waals surface area contributed by atoms with Crippen LogP contribution < -0.4 is 4.90 Å². The van der Waals surface area contributed by atoms with Crippen LogP contribution in [-0.2, 0) is 9.53 Å². The number of pyridine rings is 1. The lowest BCUT2D eigenvalue weighted by Gasteiger charge is -2.52. The van der Waals surface area contributed by atoms with Gasteiger partial charge in [-0.2, -0.15) is 0 Å². The predicted molar refractivity (Wildman–Crippen MR) is 74.0 cm³/mol. The van der Waals surface area contributed by atoms with Gasteiger partial charge in [-0.15, -0.1) is 0 Å². The SMILES string of the molecule is CCN1C(=O)[C@H]2[C@@H]3COC[C@@H]3[C@H]2c2cc(Br)cnc21. The number of halogens is 1. The molecule has 5 heteroatoms. The van der Waals surface area contributed by atoms with E-state index in [4.69, 9.17) is 4.74 Å². The van der Waals surface area contributed by atoms with Gasteiger partial charge in [-0.05, 0) is 34.8 Å². The third-order valence-corrected chi connectivity index (χ3v) is 5.26. The smallest absolute Gasteiger partial charge is 0.232 e. The van der Waals surface area contributed by atoms with Crippen molar-refractivity contribution in [2.24, 2.45) is 17.8 Å². The third-order valence-electron chi connectivity index (χ3n) is 4.82. The first-order valence-corrected chi connectivity index (χ1v) is 7.56. The summed E-state index contributed by atoms with van der Waals surface area (Å²) in [5, 5.41) is 0. The highest BCUT2D eigenvalue weighted by molar-refractivity contribution is 9.10. The van der Waals surface area contributed by atoms with Crippen molar-refractivity contribution >= 4 is 27.7 Å². The van der Waals surface area contributed by atoms with Gasteiger partial charge in [-0.25, -0.2) is 4.98 Å². The second-order valence-electron chi connectivity index (χ2n) is 5.57. The Hall–Kier alpha value is -0.940. The molecule has 4 nitrogen and oxygen atoms in total. The molecule has 4 atom stereocenters. The Kier molecular flexibility index (Phi) is 2.51. The van der Waals surface area contributed by atoms with E-state index in [2.05, 4.69) is 27.0 Å². The zero-order valence-corrected chi connectivity index (χ0v) is 12.3. The second kappa shape index (κ2) is 4.03. The Morgan fingerprint density at radius 2 is 2.16 bits per heavy atom. The van der Waals surface area contributed by atoms with Gasteiger partial charge >= 0.3 is 0 Å². The van der Waals surface area contributed by atoms with Crippen LogP contribution >= 0.6 is 15.9 Å². The van der Waals surface area contributed by atoms with Crippen LogP contribution in [-0.4, -0.2) is 30.6 Å². The predicted octanol–water partition coefficient (Wildman–Crippen LogP) is 2.19. The summed E-state index contributed by atoms with van der Waals surface area (Å²) >= 11 is 3.49. The van der Waals surface area contributed by atoms with E-state index in [0.717, 1.165) is 23.5 Å². The van der Waals surface area contributed by atoms with Gasteiger partial charge in [0.15, 0.2) is 0 Å². The molecule has 19 heavy (non-hydrogen) atoms. The average Bonchev–Trinajstić information content (AvgIpc) is 2.76. The topological polar surface area (TPSA) is 42.4 Å². The fourth-order valence-electron chi connectivity index (χ4n) is 3.98. The number of nitrogens with zero attached hydrogens (tertiary/aromatic N) is 2. The Morgan fingerprint density at radius 3 is 2.89 bits per heavy atom. The number of ether oxygens (including phenoxy) is 1. The number of rotatable bonds is 1. The molecule has 3 aliphatic rings. The van der Waals surface area contributed by atoms with Crippen LogP contribution in [0.15, 0.2) is 16.7 Å². The van der Waals surface area contributed by atoms with Gasteiger partial charge < -0.3 is 4.74 Å². The summed E-state index contributed by atoms with van der Waals surface area (Å²) in [6, 6.07) is 2.13. The summed E-state index contributed by atoms with van der Waals surface area (Å²) < 4.78 is 6.57. The van der Waals surface area contributed by atoms with Crippen LogP contribution in [0.4, 0.5) is 5.82 Å². The van der Waals surface area contributed by atoms with Crippen LogP contribution in [0, 0.1) is 17.8 Å². The van der Waals surface area contributed by atoms with E-state index in [0.29, 0.717) is 24.3 Å². The first kappa shape index (κ1) is 11.9. The molecule has 2 aliphatic heterocycles. The molecule has 3 heterocycles. The number of hydrogen-bond acceptors (Lipinski definition) is 3. The largest absolute Gasteiger partial charge is 0.381 e. The van der Waals surface area contributed by atoms with E-state index < -0.39 is 0 Å². The van der Waals surface area contributed by atoms with Gasteiger partial charge in [0.05, 0.1) is 19.1 Å². The minimum absolute atomic E-state index is 0.107. The molecule has 0 N–H and O–H groups in total. The summed E-state index contributed by atoms with van der Waals surface area (Å²) in [6.07, 6.45) is 1.77. The Labute approximate surface area is 120 Å². The molecule has 0 unspecified atom stereocenters. The monoisotopic (exact) mass is 322 g/mol. The fraction of sp³-hybridized carbons (Fsp3) is 0.571. The second-order valence-corrected chi connectivity index (χ2v) is 6.48. The average molecular weight is 323 g/mol. The first-order valence-electron chi connectivity index (χ1n) is 6.77. The van der Waals surface area contributed by atoms with E-state index in [-0.39, 0.29) is 11.8 Å². The molecule has 0 radical (unpaired) electrons. The van der Waals surface area contributed by atoms with E-state index in [1.54, 1.807) is 6.20 Å². The molecule has 1 aliphatic carbocycles. The van der Waals surface area contributed by atoms with Crippen LogP contribution in [0.1, 0.15) is 18.4 Å². The van der Waals surface area contributed by atoms with Crippen molar-refractivity contribution < 1.29 is 9.53 Å². The maximum absolute atomic E-state index is 12.6. The molecule has 1 saturated heterocycles. The number of amides is 1. The van der Waals surface area contributed by atoms with Gasteiger partial charge in [-0.1, -0.05) is 0 Å². The van der Waals surface area contributed by atoms with Crippen molar-refractivity contribution in [1.29, 1.82) is 0 Å². The summed E-state index contributed by atoms with van der Waals surface area (Å²) in [5.74, 6) is 2.42. The summed E-state index contributed by atoms with van der Waals surface area (Å²) in [4.78, 5) is 18.9. The third kappa shape index (κ3) is 1.43. The number of aromatic nitrogens is 1. The quantitative estimate of drug-likeness (QED) is 0.796. The van der Waals surface area contributed by atoms with E-state index in [1.807, 2.05) is 11.8 Å². The molecule has 0 spiro atoms. The van der Waals surface area contributed by atoms with Crippen molar-refractivity contribution in [1.82, 2.24) is 4.98 Å². The maximum atomic E-state index is 12.6. The lowest BCUT2D eigenvalue weighted by atomic mass is 9.54. The molecule has 1 aromatic heterocycles. The van der Waals surface area contributed by atoms with Gasteiger partial charge in [0.25, 0.3) is 0 Å². The molecular formula is C14H15BrN2O2. The Bertz CT molecular complexity index is 562. The van der Waals surface area contributed by atoms with Gasteiger partial charge in [0.2, 0.25) is 5.91 Å². The van der Waals surface area contributed by atoms with E-state index >= 15 is 0 Å². The number of anilines is 1. The lowest BCUT2D eigenvalue weighted by Crippen LogP contribution is -2.57. The highest BCUT2D eigenvalue weighted by Crippen LogP contribution is 2.59. The maximum Gasteiger partial charge on any atom is 0.232 e. The number of carbonyl (C=O) groups is 1. The molecular weight excluding hydrogens is 308 g/mol. The first-order chi connectivity index (χ1) is 9.22. The normalized spacial score (nSPS) is 35.5. The lowest BCUT2D eigenvalue weighted by molar-refractivity contribution is -0.132. The van der Waals surface area contributed by atoms with Crippen molar-refractivity contribution in [2.75, 3.05) is 24.7 Å². The van der Waals surface area contributed by atoms with Crippen molar-refractivity contribution in [3.05, 3.63) is 22.3 Å². The highest BCUT2D eigenvalue weighted by Gasteiger charge is 2.60. The van der Waals surface area contributed by atoms with Gasteiger partial charge in [-0.3, -0.25) is 9.69 Å². The molecule has 2 fully saturated rings. The standard InChI is InChI=1S/C14H15BrN2O2/c1-2-17-13-8(3-7(15)4-16-13)11-9-5-19-6-10(9)12(11)14(17)18/h3-4,9-12H,2,5-6H2,1H3/t9-,10+,11+,12-/m0/s1. The van der Waals surface area contributed by atoms with Crippen LogP contribution in [0.5, 0.6) is 0 Å². The molecule has 4 rings (SSSR count). The molecule has 100 valence electrons. The zero-order valence-electron chi connectivity index (χ0n) is 10.7. The fourth-order valence-corrected chi connectivity index (χ4v) is 4.33. The Morgan fingerprint density at radius 1 is 1.42 bits per heavy atom. The molecule has 0 bridgehead atoms. The van der Waals surface area contributed by atoms with E-state index in [9.17, 15) is 4.79 Å². The number of fused-ring (bicyclic) bond motifs is 6. The van der Waals surface area contributed by atoms with Crippen LogP contribution in [0.3, 0.4) is 0 Å². The molecule has 1 amide bonds. The molecule has 1 saturated carbocycles. The number of carbonyl (C=O) groups excluding carboxylic acids is 1. The molecule has 0 aromatic carbocycles. The summed E-state index contributed by atoms with van der Waals surface area (Å²) in [7, 11) is 0. The minimum atomic E-state index is 0.107. The zero-order chi connectivity index (χ0) is 13.1. The van der Waals surface area contributed by atoms with Crippen molar-refractivity contribution in [2.45, 2.75) is 12.8 Å². The summed E-state index contributed by atoms with van der Waals surface area (Å²) in [5.41, 5.74) is 1.22. The van der Waals surface area contributed by atoms with Crippen LogP contribution in [0.2, 0.25) is 0 Å². The van der Waals surface area contributed by atoms with E-state index in [1.165, 1.54) is 5.56 Å². The summed E-state index contributed by atoms with van der Waals surface area (Å²) in [6.45, 7) is 4.22. The Balaban J connectivity index is 1.86. The van der Waals surface area contributed by atoms with Crippen molar-refractivity contribution in [3.8, 4) is 0 Å². The van der Waals surface area contributed by atoms with Crippen molar-refractivity contribution in [3.63, 3.8) is 0 Å². The van der Waals surface area contributed by atoms with Gasteiger partial charge in [0.1, 0.15) is 5.82 Å². The van der Waals surface area contributed by atoms with Crippen LogP contribution in [0.25, 0.3) is 0 Å². The minimum Gasteiger partial charge on any atom is -0.381 e. The number of hydrogen-bond donors (Lipinski definition) is 0. The van der Waals surface area contributed by atoms with Gasteiger partial charge in [0, 0.05) is 34.6 Å².